The summed E-state index contributed by atoms with van der Waals surface area (Å²) >= 11 is 3.04. The van der Waals surface area contributed by atoms with Crippen LogP contribution in [0.3, 0.4) is 0 Å². The van der Waals surface area contributed by atoms with Gasteiger partial charge in [-0.1, -0.05) is 11.8 Å². The molecule has 120 valence electrons. The van der Waals surface area contributed by atoms with Crippen LogP contribution in [-0.4, -0.2) is 48.5 Å². The molecule has 22 heavy (non-hydrogen) atoms. The number of ether oxygens (including phenoxy) is 1. The van der Waals surface area contributed by atoms with Crippen molar-refractivity contribution in [2.75, 3.05) is 38.6 Å². The van der Waals surface area contributed by atoms with Crippen LogP contribution in [0.25, 0.3) is 10.2 Å². The highest BCUT2D eigenvalue weighted by atomic mass is 32.2. The van der Waals surface area contributed by atoms with Gasteiger partial charge < -0.3 is 4.74 Å². The van der Waals surface area contributed by atoms with Gasteiger partial charge in [0.2, 0.25) is 0 Å². The minimum absolute atomic E-state index is 0.425. The Balaban J connectivity index is 1.62. The lowest BCUT2D eigenvalue weighted by Crippen LogP contribution is -2.37. The molecule has 0 aliphatic carbocycles. The van der Waals surface area contributed by atoms with Crippen molar-refractivity contribution in [1.82, 2.24) is 9.88 Å². The summed E-state index contributed by atoms with van der Waals surface area (Å²) in [4.78, 5) is 6.63. The number of aromatic nitrogens is 1. The molecule has 0 spiro atoms. The van der Waals surface area contributed by atoms with Gasteiger partial charge in [-0.2, -0.15) is 13.2 Å². The van der Waals surface area contributed by atoms with Crippen LogP contribution < -0.4 is 0 Å². The number of alkyl halides is 3. The molecule has 0 bridgehead atoms. The maximum atomic E-state index is 12.7. The fraction of sp³-hybridized carbons (Fsp3) is 0.500. The Bertz CT molecular complexity index is 639. The topological polar surface area (TPSA) is 25.4 Å². The summed E-state index contributed by atoms with van der Waals surface area (Å²) in [7, 11) is 0. The van der Waals surface area contributed by atoms with E-state index in [0.29, 0.717) is 5.52 Å². The maximum Gasteiger partial charge on any atom is 0.416 e. The molecule has 0 atom stereocenters. The van der Waals surface area contributed by atoms with Crippen LogP contribution in [0.2, 0.25) is 0 Å². The molecular weight excluding hydrogens is 333 g/mol. The number of hydrogen-bond donors (Lipinski definition) is 0. The zero-order chi connectivity index (χ0) is 15.6. The Morgan fingerprint density at radius 2 is 2.05 bits per heavy atom. The average molecular weight is 348 g/mol. The zero-order valence-electron chi connectivity index (χ0n) is 11.7. The van der Waals surface area contributed by atoms with Gasteiger partial charge in [0.05, 0.1) is 29.0 Å². The Morgan fingerprint density at radius 3 is 2.77 bits per heavy atom. The van der Waals surface area contributed by atoms with Gasteiger partial charge in [0.1, 0.15) is 0 Å². The monoisotopic (exact) mass is 348 g/mol. The molecule has 1 aliphatic rings. The van der Waals surface area contributed by atoms with E-state index < -0.39 is 11.7 Å². The Labute approximate surface area is 134 Å². The summed E-state index contributed by atoms with van der Waals surface area (Å²) < 4.78 is 45.0. The van der Waals surface area contributed by atoms with Crippen molar-refractivity contribution in [3.63, 3.8) is 0 Å². The number of nitrogens with zero attached hydrogens (tertiary/aromatic N) is 2. The smallest absolute Gasteiger partial charge is 0.379 e. The molecule has 1 saturated heterocycles. The Morgan fingerprint density at radius 1 is 1.27 bits per heavy atom. The third-order valence-electron chi connectivity index (χ3n) is 3.43. The number of halogens is 3. The highest BCUT2D eigenvalue weighted by Crippen LogP contribution is 2.35. The van der Waals surface area contributed by atoms with Crippen molar-refractivity contribution in [2.45, 2.75) is 10.5 Å². The lowest BCUT2D eigenvalue weighted by Gasteiger charge is -2.26. The summed E-state index contributed by atoms with van der Waals surface area (Å²) in [6.45, 7) is 4.36. The molecule has 1 aliphatic heterocycles. The van der Waals surface area contributed by atoms with E-state index in [-0.39, 0.29) is 0 Å². The zero-order valence-corrected chi connectivity index (χ0v) is 13.4. The number of benzene rings is 1. The Hall–Kier alpha value is -0.830. The first-order valence-corrected chi connectivity index (χ1v) is 8.73. The number of thiazole rings is 1. The van der Waals surface area contributed by atoms with Crippen molar-refractivity contribution in [2.24, 2.45) is 0 Å². The predicted molar refractivity (Wildman–Crippen MR) is 82.6 cm³/mol. The first-order chi connectivity index (χ1) is 10.5. The second kappa shape index (κ2) is 6.74. The molecule has 3 rings (SSSR count). The minimum atomic E-state index is -4.32. The van der Waals surface area contributed by atoms with Crippen molar-refractivity contribution in [3.05, 3.63) is 23.8 Å². The highest BCUT2D eigenvalue weighted by Gasteiger charge is 2.30. The van der Waals surface area contributed by atoms with E-state index >= 15 is 0 Å². The van der Waals surface area contributed by atoms with Crippen LogP contribution in [0.1, 0.15) is 5.56 Å². The van der Waals surface area contributed by atoms with Gasteiger partial charge in [-0.15, -0.1) is 11.3 Å². The summed E-state index contributed by atoms with van der Waals surface area (Å²) in [5.74, 6) is 0.881. The van der Waals surface area contributed by atoms with E-state index in [0.717, 1.165) is 59.8 Å². The van der Waals surface area contributed by atoms with Crippen LogP contribution >= 0.6 is 23.1 Å². The van der Waals surface area contributed by atoms with E-state index in [1.807, 2.05) is 0 Å². The molecule has 2 heterocycles. The number of hydrogen-bond acceptors (Lipinski definition) is 5. The van der Waals surface area contributed by atoms with E-state index in [1.54, 1.807) is 11.8 Å². The van der Waals surface area contributed by atoms with Gasteiger partial charge in [-0.3, -0.25) is 4.90 Å². The van der Waals surface area contributed by atoms with Crippen molar-refractivity contribution >= 4 is 33.3 Å². The summed E-state index contributed by atoms with van der Waals surface area (Å²) in [6.07, 6.45) is -4.32. The Kier molecular flexibility index (Phi) is 4.91. The first kappa shape index (κ1) is 16.0. The largest absolute Gasteiger partial charge is 0.416 e. The molecular formula is C14H15F3N2OS2. The SMILES string of the molecule is FC(F)(F)c1ccc2sc(SCCN3CCOCC3)nc2c1. The van der Waals surface area contributed by atoms with Crippen LogP contribution in [0.5, 0.6) is 0 Å². The van der Waals surface area contributed by atoms with Crippen LogP contribution in [0.4, 0.5) is 13.2 Å². The fourth-order valence-electron chi connectivity index (χ4n) is 2.23. The van der Waals surface area contributed by atoms with Crippen molar-refractivity contribution in [1.29, 1.82) is 0 Å². The van der Waals surface area contributed by atoms with Gasteiger partial charge in [0.15, 0.2) is 4.34 Å². The molecule has 1 fully saturated rings. The number of thioether (sulfide) groups is 1. The van der Waals surface area contributed by atoms with Gasteiger partial charge in [0, 0.05) is 25.4 Å². The standard InChI is InChI=1S/C14H15F3N2OS2/c15-14(16,17)10-1-2-12-11(9-10)18-13(22-12)21-8-5-19-3-6-20-7-4-19/h1-2,9H,3-8H2. The molecule has 0 unspecified atom stereocenters. The second-order valence-corrected chi connectivity index (χ2v) is 7.34. The fourth-order valence-corrected chi connectivity index (χ4v) is 4.35. The highest BCUT2D eigenvalue weighted by molar-refractivity contribution is 8.01. The third-order valence-corrected chi connectivity index (χ3v) is 5.59. The maximum absolute atomic E-state index is 12.7. The van der Waals surface area contributed by atoms with Crippen molar-refractivity contribution < 1.29 is 17.9 Å². The summed E-state index contributed by atoms with van der Waals surface area (Å²) in [5.41, 5.74) is -0.219. The van der Waals surface area contributed by atoms with E-state index in [4.69, 9.17) is 4.74 Å². The average Bonchev–Trinajstić information content (AvgIpc) is 2.89. The van der Waals surface area contributed by atoms with Crippen molar-refractivity contribution in [3.8, 4) is 0 Å². The molecule has 0 radical (unpaired) electrons. The molecule has 1 aromatic heterocycles. The predicted octanol–water partition coefficient (Wildman–Crippen LogP) is 3.74. The molecule has 0 saturated carbocycles. The molecule has 2 aromatic rings. The van der Waals surface area contributed by atoms with Gasteiger partial charge in [0.25, 0.3) is 0 Å². The summed E-state index contributed by atoms with van der Waals surface area (Å²) in [5, 5.41) is 0. The van der Waals surface area contributed by atoms with E-state index in [1.165, 1.54) is 17.4 Å². The normalized spacial score (nSPS) is 17.2. The quantitative estimate of drug-likeness (QED) is 0.786. The van der Waals surface area contributed by atoms with Crippen LogP contribution in [0.15, 0.2) is 22.5 Å². The number of morpholine rings is 1. The number of fused-ring (bicyclic) bond motifs is 1. The first-order valence-electron chi connectivity index (χ1n) is 6.93. The minimum Gasteiger partial charge on any atom is -0.379 e. The molecule has 0 N–H and O–H groups in total. The molecule has 0 amide bonds. The van der Waals surface area contributed by atoms with Gasteiger partial charge >= 0.3 is 6.18 Å². The number of rotatable bonds is 4. The van der Waals surface area contributed by atoms with Crippen LogP contribution in [0, 0.1) is 0 Å². The third kappa shape index (κ3) is 3.92. The van der Waals surface area contributed by atoms with Gasteiger partial charge in [-0.05, 0) is 18.2 Å². The molecule has 3 nitrogen and oxygen atoms in total. The second-order valence-electron chi connectivity index (χ2n) is 4.96. The molecule has 1 aromatic carbocycles. The van der Waals surface area contributed by atoms with Crippen LogP contribution in [-0.2, 0) is 10.9 Å². The lowest BCUT2D eigenvalue weighted by atomic mass is 10.2. The lowest BCUT2D eigenvalue weighted by molar-refractivity contribution is -0.137. The van der Waals surface area contributed by atoms with Gasteiger partial charge in [-0.25, -0.2) is 4.98 Å². The summed E-state index contributed by atoms with van der Waals surface area (Å²) in [6, 6.07) is 3.74. The molecule has 8 heteroatoms. The van der Waals surface area contributed by atoms with E-state index in [9.17, 15) is 13.2 Å². The van der Waals surface area contributed by atoms with E-state index in [2.05, 4.69) is 9.88 Å².